The minimum Gasteiger partial charge on any atom is -0.376 e. The fourth-order valence-corrected chi connectivity index (χ4v) is 4.44. The number of nitrogens with zero attached hydrogens (tertiary/aromatic N) is 2. The summed E-state index contributed by atoms with van der Waals surface area (Å²) in [5.41, 5.74) is -1.14. The number of halogens is 4. The van der Waals surface area contributed by atoms with Crippen LogP contribution >= 0.6 is 27.3 Å². The van der Waals surface area contributed by atoms with Gasteiger partial charge in [-0.25, -0.2) is 0 Å². The van der Waals surface area contributed by atoms with Gasteiger partial charge in [0.1, 0.15) is 0 Å². The molecule has 1 amide bonds. The Morgan fingerprint density at radius 1 is 1.34 bits per heavy atom. The van der Waals surface area contributed by atoms with Crippen LogP contribution in [-0.4, -0.2) is 23.2 Å². The van der Waals surface area contributed by atoms with Gasteiger partial charge in [0.05, 0.1) is 23.8 Å². The van der Waals surface area contributed by atoms with E-state index in [1.165, 1.54) is 17.4 Å². The van der Waals surface area contributed by atoms with E-state index in [1.54, 1.807) is 0 Å². The van der Waals surface area contributed by atoms with Gasteiger partial charge >= 0.3 is 6.18 Å². The molecule has 158 valence electrons. The highest BCUT2D eigenvalue weighted by Crippen LogP contribution is 2.32. The highest BCUT2D eigenvalue weighted by Gasteiger charge is 2.31. The molecule has 0 N–H and O–H groups in total. The van der Waals surface area contributed by atoms with Gasteiger partial charge in [-0.05, 0) is 52.4 Å². The van der Waals surface area contributed by atoms with Crippen LogP contribution in [0.3, 0.4) is 0 Å². The third-order valence-corrected chi connectivity index (χ3v) is 6.74. The normalized spacial score (nSPS) is 18.4. The average Bonchev–Trinajstić information content (AvgIpc) is 3.24. The minimum absolute atomic E-state index is 0.0479. The number of alkyl halides is 3. The number of hydrogen-bond donors (Lipinski definition) is 0. The summed E-state index contributed by atoms with van der Waals surface area (Å²) in [6.07, 6.45) is -0.603. The summed E-state index contributed by atoms with van der Waals surface area (Å²) in [4.78, 5) is 18.4. The van der Waals surface area contributed by atoms with Crippen molar-refractivity contribution < 1.29 is 22.7 Å². The second kappa shape index (κ2) is 8.35. The predicted molar refractivity (Wildman–Crippen MR) is 109 cm³/mol. The van der Waals surface area contributed by atoms with Gasteiger partial charge in [0.25, 0.3) is 5.91 Å². The number of aromatic nitrogens is 1. The van der Waals surface area contributed by atoms with Crippen molar-refractivity contribution in [3.05, 3.63) is 49.7 Å². The van der Waals surface area contributed by atoms with E-state index in [9.17, 15) is 18.0 Å². The molecule has 1 aliphatic heterocycles. The molecule has 0 bridgehead atoms. The van der Waals surface area contributed by atoms with Crippen LogP contribution in [0, 0.1) is 0 Å². The molecule has 9 heteroatoms. The van der Waals surface area contributed by atoms with E-state index < -0.39 is 17.6 Å². The number of hydrogen-bond acceptors (Lipinski definition) is 3. The van der Waals surface area contributed by atoms with Crippen LogP contribution in [0.5, 0.6) is 0 Å². The second-order valence-electron chi connectivity index (χ2n) is 8.02. The average molecular weight is 491 g/mol. The van der Waals surface area contributed by atoms with Crippen LogP contribution in [0.15, 0.2) is 33.9 Å². The molecule has 1 saturated heterocycles. The zero-order chi connectivity index (χ0) is 21.4. The first kappa shape index (κ1) is 22.2. The summed E-state index contributed by atoms with van der Waals surface area (Å²) < 4.78 is 47.0. The zero-order valence-corrected chi connectivity index (χ0v) is 18.7. The number of rotatable bonds is 3. The molecule has 1 aromatic heterocycles. The molecular weight excluding hydrogens is 469 g/mol. The summed E-state index contributed by atoms with van der Waals surface area (Å²) in [7, 11) is 0. The molecule has 1 atom stereocenters. The van der Waals surface area contributed by atoms with Crippen LogP contribution in [0.1, 0.15) is 54.4 Å². The summed E-state index contributed by atoms with van der Waals surface area (Å²) in [6, 6.07) is 2.99. The number of ether oxygens (including phenoxy) is 1. The summed E-state index contributed by atoms with van der Waals surface area (Å²) in [5, 5.41) is 0. The topological polar surface area (TPSA) is 43.6 Å². The monoisotopic (exact) mass is 490 g/mol. The number of benzene rings is 1. The van der Waals surface area contributed by atoms with Crippen molar-refractivity contribution in [2.45, 2.75) is 57.9 Å². The second-order valence-corrected chi connectivity index (χ2v) is 9.89. The Morgan fingerprint density at radius 3 is 2.66 bits per heavy atom. The van der Waals surface area contributed by atoms with Crippen LogP contribution in [0.4, 0.5) is 13.2 Å². The van der Waals surface area contributed by atoms with Gasteiger partial charge in [-0.15, -0.1) is 11.3 Å². The molecule has 0 spiro atoms. The van der Waals surface area contributed by atoms with Crippen LogP contribution < -0.4 is 4.80 Å². The van der Waals surface area contributed by atoms with Crippen molar-refractivity contribution in [3.8, 4) is 0 Å². The third-order valence-electron chi connectivity index (χ3n) is 4.60. The van der Waals surface area contributed by atoms with E-state index in [0.717, 1.165) is 29.9 Å². The lowest BCUT2D eigenvalue weighted by Crippen LogP contribution is -2.23. The molecule has 2 heterocycles. The quantitative estimate of drug-likeness (QED) is 0.566. The Bertz CT molecular complexity index is 967. The standard InChI is InChI=1S/C20H22BrF3N2O2S/c1-19(2,3)16-11-26(10-13-5-4-8-28-13)18(29-16)25-17(27)14-9-12(20(22,23)24)6-7-15(14)21/h6-7,9,11,13H,4-5,8,10H2,1-3H3/b25-18-/t13-/m1/s1. The lowest BCUT2D eigenvalue weighted by molar-refractivity contribution is -0.137. The molecule has 1 aliphatic rings. The van der Waals surface area contributed by atoms with Crippen molar-refractivity contribution in [1.82, 2.24) is 4.57 Å². The number of thiazole rings is 1. The highest BCUT2D eigenvalue weighted by atomic mass is 79.9. The Morgan fingerprint density at radius 2 is 2.07 bits per heavy atom. The van der Waals surface area contributed by atoms with E-state index in [2.05, 4.69) is 41.7 Å². The summed E-state index contributed by atoms with van der Waals surface area (Å²) >= 11 is 4.54. The fraction of sp³-hybridized carbons (Fsp3) is 0.500. The molecule has 3 rings (SSSR count). The van der Waals surface area contributed by atoms with E-state index >= 15 is 0 Å². The molecule has 0 unspecified atom stereocenters. The van der Waals surface area contributed by atoms with Gasteiger partial charge in [0, 0.05) is 22.2 Å². The smallest absolute Gasteiger partial charge is 0.376 e. The van der Waals surface area contributed by atoms with Gasteiger partial charge in [-0.3, -0.25) is 4.79 Å². The minimum atomic E-state index is -4.53. The molecule has 1 fully saturated rings. The SMILES string of the molecule is CC(C)(C)c1cn(C[C@H]2CCCO2)/c(=N/C(=O)c2cc(C(F)(F)F)ccc2Br)s1. The summed E-state index contributed by atoms with van der Waals surface area (Å²) in [5.74, 6) is -0.716. The molecule has 29 heavy (non-hydrogen) atoms. The van der Waals surface area contributed by atoms with E-state index in [4.69, 9.17) is 4.74 Å². The Labute approximate surface area is 179 Å². The molecule has 2 aromatic rings. The van der Waals surface area contributed by atoms with Crippen molar-refractivity contribution in [2.24, 2.45) is 4.99 Å². The zero-order valence-electron chi connectivity index (χ0n) is 16.3. The van der Waals surface area contributed by atoms with Gasteiger partial charge in [-0.2, -0.15) is 18.2 Å². The molecule has 0 radical (unpaired) electrons. The number of amides is 1. The van der Waals surface area contributed by atoms with Gasteiger partial charge in [0.15, 0.2) is 4.80 Å². The lowest BCUT2D eigenvalue weighted by Gasteiger charge is -2.15. The first-order valence-corrected chi connectivity index (χ1v) is 10.8. The van der Waals surface area contributed by atoms with E-state index in [0.29, 0.717) is 18.0 Å². The van der Waals surface area contributed by atoms with Crippen molar-refractivity contribution in [3.63, 3.8) is 0 Å². The van der Waals surface area contributed by atoms with Crippen molar-refractivity contribution >= 4 is 33.2 Å². The highest BCUT2D eigenvalue weighted by molar-refractivity contribution is 9.10. The summed E-state index contributed by atoms with van der Waals surface area (Å²) in [6.45, 7) is 7.45. The van der Waals surface area contributed by atoms with Crippen LogP contribution in [0.2, 0.25) is 0 Å². The third kappa shape index (κ3) is 5.38. The van der Waals surface area contributed by atoms with Crippen LogP contribution in [-0.2, 0) is 22.9 Å². The first-order valence-electron chi connectivity index (χ1n) is 9.23. The Hall–Kier alpha value is -1.45. The van der Waals surface area contributed by atoms with Gasteiger partial charge in [0.2, 0.25) is 0 Å². The van der Waals surface area contributed by atoms with Crippen molar-refractivity contribution in [1.29, 1.82) is 0 Å². The number of carbonyl (C=O) groups is 1. The molecule has 4 nitrogen and oxygen atoms in total. The predicted octanol–water partition coefficient (Wildman–Crippen LogP) is 5.55. The molecule has 1 aromatic carbocycles. The van der Waals surface area contributed by atoms with Gasteiger partial charge in [-0.1, -0.05) is 20.8 Å². The molecule has 0 saturated carbocycles. The fourth-order valence-electron chi connectivity index (χ4n) is 2.96. The van der Waals surface area contributed by atoms with Crippen LogP contribution in [0.25, 0.3) is 0 Å². The first-order chi connectivity index (χ1) is 13.4. The lowest BCUT2D eigenvalue weighted by atomic mass is 9.95. The van der Waals surface area contributed by atoms with E-state index in [-0.39, 0.29) is 21.6 Å². The largest absolute Gasteiger partial charge is 0.416 e. The Kier molecular flexibility index (Phi) is 6.41. The van der Waals surface area contributed by atoms with E-state index in [1.807, 2.05) is 10.8 Å². The van der Waals surface area contributed by atoms with Crippen molar-refractivity contribution in [2.75, 3.05) is 6.61 Å². The molecule has 0 aliphatic carbocycles. The Balaban J connectivity index is 2.02. The molecular formula is C20H22BrF3N2O2S. The van der Waals surface area contributed by atoms with Gasteiger partial charge < -0.3 is 9.30 Å². The maximum absolute atomic E-state index is 13.0. The maximum Gasteiger partial charge on any atom is 0.416 e. The number of carbonyl (C=O) groups excluding carboxylic acids is 1. The maximum atomic E-state index is 13.0.